The van der Waals surface area contributed by atoms with Crippen LogP contribution in [0.1, 0.15) is 50.4 Å². The first-order chi connectivity index (χ1) is 21.7. The molecule has 1 saturated heterocycles. The average molecular weight is 642 g/mol. The first-order valence-electron chi connectivity index (χ1n) is 14.6. The highest BCUT2D eigenvalue weighted by molar-refractivity contribution is 6.03. The smallest absolute Gasteiger partial charge is 0.416 e. The molecule has 1 fully saturated rings. The van der Waals surface area contributed by atoms with Gasteiger partial charge in [0.15, 0.2) is 0 Å². The summed E-state index contributed by atoms with van der Waals surface area (Å²) in [6.07, 6.45) is -3.71. The van der Waals surface area contributed by atoms with Crippen molar-refractivity contribution in [3.05, 3.63) is 65.5 Å². The van der Waals surface area contributed by atoms with Crippen LogP contribution in [-0.2, 0) is 22.1 Å². The van der Waals surface area contributed by atoms with Crippen LogP contribution in [0.4, 0.5) is 40.0 Å². The Kier molecular flexibility index (Phi) is 9.06. The van der Waals surface area contributed by atoms with Gasteiger partial charge in [0, 0.05) is 50.5 Å². The summed E-state index contributed by atoms with van der Waals surface area (Å²) in [4.78, 5) is 48.2. The van der Waals surface area contributed by atoms with Crippen LogP contribution in [0.25, 0.3) is 0 Å². The topological polar surface area (TPSA) is 138 Å². The maximum atomic E-state index is 14.4. The standard InChI is InChI=1S/C31H34F3N7O5/c1-18(42)38-26-15-27(37-17-36-26)45-21-6-8-24-19(13-21)9-11-40(24)28(43)39-20-5-7-22(23(14-20)31(32,33)34)25-16-35-10-12-41(25)29(44)46-30(2,3)4/h5-8,13-15,17,25,35H,9-12,16H2,1-4H3,(H,39,43)(H,36,37,38,42). The number of halogens is 3. The minimum Gasteiger partial charge on any atom is -0.444 e. The van der Waals surface area contributed by atoms with E-state index in [9.17, 15) is 27.6 Å². The summed E-state index contributed by atoms with van der Waals surface area (Å²) in [6.45, 7) is 7.43. The number of carbonyl (C=O) groups is 3. The highest BCUT2D eigenvalue weighted by Crippen LogP contribution is 2.39. The van der Waals surface area contributed by atoms with E-state index in [-0.39, 0.29) is 41.9 Å². The van der Waals surface area contributed by atoms with Crippen LogP contribution in [0.2, 0.25) is 0 Å². The molecule has 1 aromatic heterocycles. The van der Waals surface area contributed by atoms with Gasteiger partial charge in [-0.05, 0) is 68.7 Å². The number of aromatic nitrogens is 2. The molecule has 1 atom stereocenters. The number of ether oxygens (including phenoxy) is 2. The number of fused-ring (bicyclic) bond motifs is 1. The second-order valence-corrected chi connectivity index (χ2v) is 11.8. The van der Waals surface area contributed by atoms with Crippen molar-refractivity contribution >= 4 is 35.2 Å². The minimum atomic E-state index is -4.75. The number of urea groups is 1. The maximum absolute atomic E-state index is 14.4. The van der Waals surface area contributed by atoms with Gasteiger partial charge in [-0.15, -0.1) is 0 Å². The highest BCUT2D eigenvalue weighted by Gasteiger charge is 2.40. The number of alkyl halides is 3. The summed E-state index contributed by atoms with van der Waals surface area (Å²) in [5.41, 5.74) is -0.535. The third-order valence-electron chi connectivity index (χ3n) is 7.20. The van der Waals surface area contributed by atoms with Gasteiger partial charge in [0.25, 0.3) is 0 Å². The summed E-state index contributed by atoms with van der Waals surface area (Å²) in [5.74, 6) is 0.626. The Labute approximate surface area is 263 Å². The van der Waals surface area contributed by atoms with Gasteiger partial charge in [0.05, 0.1) is 11.6 Å². The summed E-state index contributed by atoms with van der Waals surface area (Å²) in [6, 6.07) is 8.58. The molecule has 3 heterocycles. The molecule has 2 aliphatic heterocycles. The van der Waals surface area contributed by atoms with Crippen molar-refractivity contribution in [1.29, 1.82) is 0 Å². The van der Waals surface area contributed by atoms with E-state index in [1.165, 1.54) is 41.2 Å². The van der Waals surface area contributed by atoms with Gasteiger partial charge >= 0.3 is 18.3 Å². The lowest BCUT2D eigenvalue weighted by molar-refractivity contribution is -0.138. The summed E-state index contributed by atoms with van der Waals surface area (Å²) in [7, 11) is 0. The van der Waals surface area contributed by atoms with E-state index in [1.54, 1.807) is 39.0 Å². The molecule has 0 radical (unpaired) electrons. The van der Waals surface area contributed by atoms with Gasteiger partial charge in [-0.3, -0.25) is 14.6 Å². The molecule has 0 bridgehead atoms. The first-order valence-corrected chi connectivity index (χ1v) is 14.6. The van der Waals surface area contributed by atoms with E-state index in [0.29, 0.717) is 30.9 Å². The lowest BCUT2D eigenvalue weighted by Gasteiger charge is -2.38. The minimum absolute atomic E-state index is 0.0409. The predicted molar refractivity (Wildman–Crippen MR) is 163 cm³/mol. The van der Waals surface area contributed by atoms with Gasteiger partial charge in [0.1, 0.15) is 23.5 Å². The molecule has 4 amide bonds. The number of piperazine rings is 1. The lowest BCUT2D eigenvalue weighted by Crippen LogP contribution is -2.50. The number of nitrogens with one attached hydrogen (secondary N) is 3. The van der Waals surface area contributed by atoms with Crippen molar-refractivity contribution < 1.29 is 37.0 Å². The van der Waals surface area contributed by atoms with Crippen molar-refractivity contribution in [3.63, 3.8) is 0 Å². The van der Waals surface area contributed by atoms with Crippen LogP contribution in [0.3, 0.4) is 0 Å². The van der Waals surface area contributed by atoms with E-state index < -0.39 is 35.5 Å². The molecule has 0 aliphatic carbocycles. The first kappa shape index (κ1) is 32.5. The quantitative estimate of drug-likeness (QED) is 0.322. The fourth-order valence-electron chi connectivity index (χ4n) is 5.30. The van der Waals surface area contributed by atoms with Gasteiger partial charge < -0.3 is 25.4 Å². The molecule has 2 aromatic carbocycles. The maximum Gasteiger partial charge on any atom is 0.416 e. The molecule has 0 spiro atoms. The Morgan fingerprint density at radius 1 is 1.00 bits per heavy atom. The SMILES string of the molecule is CC(=O)Nc1cc(Oc2ccc3c(c2)CCN3C(=O)Nc2ccc(C3CNCCN3C(=O)OC(C)(C)C)c(C(F)(F)F)c2)ncn1. The zero-order chi connectivity index (χ0) is 33.2. The number of carbonyl (C=O) groups excluding carboxylic acids is 3. The van der Waals surface area contributed by atoms with Gasteiger partial charge in [-0.1, -0.05) is 6.07 Å². The molecule has 15 heteroatoms. The van der Waals surface area contributed by atoms with Crippen LogP contribution < -0.4 is 25.6 Å². The van der Waals surface area contributed by atoms with Crippen LogP contribution >= 0.6 is 0 Å². The second kappa shape index (κ2) is 12.8. The van der Waals surface area contributed by atoms with E-state index in [1.807, 2.05) is 0 Å². The number of hydrogen-bond acceptors (Lipinski definition) is 8. The molecule has 12 nitrogen and oxygen atoms in total. The van der Waals surface area contributed by atoms with Crippen LogP contribution in [0, 0.1) is 0 Å². The van der Waals surface area contributed by atoms with Crippen LogP contribution in [0.5, 0.6) is 11.6 Å². The third kappa shape index (κ3) is 7.65. The number of anilines is 3. The van der Waals surface area contributed by atoms with Gasteiger partial charge in [0.2, 0.25) is 11.8 Å². The molecule has 3 N–H and O–H groups in total. The number of benzene rings is 2. The second-order valence-electron chi connectivity index (χ2n) is 11.8. The van der Waals surface area contributed by atoms with Crippen molar-refractivity contribution in [2.24, 2.45) is 0 Å². The highest BCUT2D eigenvalue weighted by atomic mass is 19.4. The van der Waals surface area contributed by atoms with Gasteiger partial charge in [-0.25, -0.2) is 19.6 Å². The molecule has 5 rings (SSSR count). The zero-order valence-electron chi connectivity index (χ0n) is 25.7. The Morgan fingerprint density at radius 3 is 2.50 bits per heavy atom. The molecular formula is C31H34F3N7O5. The number of rotatable bonds is 5. The molecular weight excluding hydrogens is 607 g/mol. The largest absolute Gasteiger partial charge is 0.444 e. The molecule has 3 aromatic rings. The Balaban J connectivity index is 1.32. The monoisotopic (exact) mass is 641 g/mol. The summed E-state index contributed by atoms with van der Waals surface area (Å²) < 4.78 is 54.4. The summed E-state index contributed by atoms with van der Waals surface area (Å²) >= 11 is 0. The zero-order valence-corrected chi connectivity index (χ0v) is 25.7. The van der Waals surface area contributed by atoms with Gasteiger partial charge in [-0.2, -0.15) is 13.2 Å². The fourth-order valence-corrected chi connectivity index (χ4v) is 5.30. The van der Waals surface area contributed by atoms with Crippen LogP contribution in [0.15, 0.2) is 48.8 Å². The molecule has 2 aliphatic rings. The van der Waals surface area contributed by atoms with Crippen molar-refractivity contribution in [3.8, 4) is 11.6 Å². The van der Waals surface area contributed by atoms with E-state index in [4.69, 9.17) is 9.47 Å². The van der Waals surface area contributed by atoms with E-state index in [2.05, 4.69) is 25.9 Å². The normalized spacial score (nSPS) is 16.5. The van der Waals surface area contributed by atoms with E-state index in [0.717, 1.165) is 11.6 Å². The third-order valence-corrected chi connectivity index (χ3v) is 7.20. The lowest BCUT2D eigenvalue weighted by atomic mass is 9.96. The number of nitrogens with zero attached hydrogens (tertiary/aromatic N) is 4. The summed E-state index contributed by atoms with van der Waals surface area (Å²) in [5, 5.41) is 8.20. The van der Waals surface area contributed by atoms with Crippen LogP contribution in [-0.4, -0.2) is 64.7 Å². The number of hydrogen-bond donors (Lipinski definition) is 3. The molecule has 244 valence electrons. The Morgan fingerprint density at radius 2 is 1.78 bits per heavy atom. The Bertz CT molecular complexity index is 1640. The average Bonchev–Trinajstić information content (AvgIpc) is 3.39. The number of amides is 4. The fraction of sp³-hybridized carbons (Fsp3) is 0.387. The molecule has 46 heavy (non-hydrogen) atoms. The van der Waals surface area contributed by atoms with Crippen molar-refractivity contribution in [2.45, 2.75) is 51.9 Å². The molecule has 1 unspecified atom stereocenters. The molecule has 0 saturated carbocycles. The van der Waals surface area contributed by atoms with Crippen molar-refractivity contribution in [1.82, 2.24) is 20.2 Å². The predicted octanol–water partition coefficient (Wildman–Crippen LogP) is 5.72. The Hall–Kier alpha value is -4.92. The van der Waals surface area contributed by atoms with Crippen molar-refractivity contribution in [2.75, 3.05) is 41.7 Å². The van der Waals surface area contributed by atoms with E-state index >= 15 is 0 Å².